The molecule has 1 aromatic carbocycles. The van der Waals surface area contributed by atoms with Crippen molar-refractivity contribution in [3.8, 4) is 5.75 Å². The number of nitrogens with one attached hydrogen (secondary N) is 2. The first-order valence-corrected chi connectivity index (χ1v) is 12.5. The van der Waals surface area contributed by atoms with Gasteiger partial charge in [0.2, 0.25) is 11.9 Å². The molecular formula is C26H28N8O5. The first-order valence-electron chi connectivity index (χ1n) is 12.5. The smallest absolute Gasteiger partial charge is 0.407 e. The van der Waals surface area contributed by atoms with E-state index in [0.29, 0.717) is 35.4 Å². The molecule has 1 aliphatic heterocycles. The molecule has 13 nitrogen and oxygen atoms in total. The number of nitrogens with zero attached hydrogens (tertiary/aromatic N) is 5. The molecule has 5 rings (SSSR count). The summed E-state index contributed by atoms with van der Waals surface area (Å²) < 4.78 is 14.7. The molecule has 202 valence electrons. The first-order chi connectivity index (χ1) is 18.8. The van der Waals surface area contributed by atoms with Gasteiger partial charge in [-0.3, -0.25) is 24.6 Å². The highest BCUT2D eigenvalue weighted by Gasteiger charge is 2.29. The number of nitrogens with two attached hydrogens (primary N) is 1. The number of carbonyl (C=O) groups excluding carboxylic acids is 3. The monoisotopic (exact) mass is 532 g/mol. The highest BCUT2D eigenvalue weighted by atomic mass is 16.5. The Kier molecular flexibility index (Phi) is 7.12. The molecule has 13 heteroatoms. The van der Waals surface area contributed by atoms with Crippen LogP contribution in [-0.2, 0) is 17.9 Å². The van der Waals surface area contributed by atoms with Crippen LogP contribution in [0.25, 0.3) is 11.0 Å². The van der Waals surface area contributed by atoms with Crippen LogP contribution in [0.2, 0.25) is 0 Å². The number of anilines is 1. The Morgan fingerprint density at radius 1 is 1.26 bits per heavy atom. The molecule has 0 saturated carbocycles. The van der Waals surface area contributed by atoms with Crippen molar-refractivity contribution in [1.29, 1.82) is 0 Å². The Balaban J connectivity index is 1.36. The van der Waals surface area contributed by atoms with Crippen molar-refractivity contribution in [3.05, 3.63) is 65.2 Å². The van der Waals surface area contributed by atoms with E-state index in [2.05, 4.69) is 25.7 Å². The highest BCUT2D eigenvalue weighted by molar-refractivity contribution is 6.04. The summed E-state index contributed by atoms with van der Waals surface area (Å²) in [6.07, 6.45) is 3.17. The van der Waals surface area contributed by atoms with Crippen LogP contribution < -0.4 is 21.1 Å². The summed E-state index contributed by atoms with van der Waals surface area (Å²) in [5.74, 6) is -0.269. The van der Waals surface area contributed by atoms with Crippen molar-refractivity contribution in [2.24, 2.45) is 5.73 Å². The maximum Gasteiger partial charge on any atom is 0.407 e. The number of alkyl carbamates (subject to hydrolysis) is 1. The molecule has 4 N–H and O–H groups in total. The van der Waals surface area contributed by atoms with Crippen LogP contribution in [0.1, 0.15) is 51.5 Å². The molecule has 0 radical (unpaired) electrons. The third-order valence-corrected chi connectivity index (χ3v) is 6.33. The minimum atomic E-state index is -0.615. The zero-order chi connectivity index (χ0) is 27.5. The summed E-state index contributed by atoms with van der Waals surface area (Å²) in [7, 11) is 0. The van der Waals surface area contributed by atoms with Gasteiger partial charge in [-0.1, -0.05) is 6.07 Å². The standard InChI is InChI=1S/C26H28N8O5/c1-3-33-20(9-15(2)32-33)24(36)31-25-30-19-10-17(23(27)35)11-21-22(19)34(25)18(14-38-21)6-8-29-26(37)39-13-16-5-4-7-28-12-16/h4-5,7,9-12,18H,3,6,8,13-14H2,1-2H3,(H2,27,35)(H,29,37)(H,30,31,36)/t18-/m0/s1. The molecule has 0 spiro atoms. The fourth-order valence-corrected chi connectivity index (χ4v) is 4.52. The van der Waals surface area contributed by atoms with Crippen molar-refractivity contribution in [2.75, 3.05) is 18.5 Å². The molecule has 3 amide bonds. The Bertz CT molecular complexity index is 1540. The minimum Gasteiger partial charge on any atom is -0.489 e. The second kappa shape index (κ2) is 10.8. The van der Waals surface area contributed by atoms with E-state index in [1.165, 1.54) is 0 Å². The van der Waals surface area contributed by atoms with Crippen LogP contribution in [0.5, 0.6) is 5.75 Å². The number of amides is 3. The molecule has 4 aromatic rings. The number of aryl methyl sites for hydroxylation is 2. The second-order valence-electron chi connectivity index (χ2n) is 9.07. The van der Waals surface area contributed by atoms with Gasteiger partial charge in [-0.2, -0.15) is 5.10 Å². The van der Waals surface area contributed by atoms with Gasteiger partial charge >= 0.3 is 6.09 Å². The molecule has 0 bridgehead atoms. The molecule has 0 saturated heterocycles. The Morgan fingerprint density at radius 3 is 2.85 bits per heavy atom. The van der Waals surface area contributed by atoms with E-state index in [0.717, 1.165) is 11.3 Å². The van der Waals surface area contributed by atoms with E-state index < -0.39 is 12.0 Å². The second-order valence-corrected chi connectivity index (χ2v) is 9.07. The molecule has 1 aliphatic rings. The van der Waals surface area contributed by atoms with Crippen LogP contribution in [0, 0.1) is 6.92 Å². The number of rotatable bonds is 9. The first kappa shape index (κ1) is 25.7. The van der Waals surface area contributed by atoms with Crippen LogP contribution in [-0.4, -0.2) is 55.4 Å². The van der Waals surface area contributed by atoms with Crippen LogP contribution in [0.4, 0.5) is 10.7 Å². The number of imidazole rings is 1. The number of carbonyl (C=O) groups is 3. The van der Waals surface area contributed by atoms with Gasteiger partial charge < -0.3 is 25.1 Å². The zero-order valence-corrected chi connectivity index (χ0v) is 21.5. The summed E-state index contributed by atoms with van der Waals surface area (Å²) in [6, 6.07) is 8.13. The normalized spacial score (nSPS) is 14.1. The Hall–Kier alpha value is -4.94. The molecule has 0 fully saturated rings. The lowest BCUT2D eigenvalue weighted by atomic mass is 10.1. The van der Waals surface area contributed by atoms with Crippen molar-refractivity contribution < 1.29 is 23.9 Å². The van der Waals surface area contributed by atoms with Gasteiger partial charge in [-0.15, -0.1) is 0 Å². The maximum absolute atomic E-state index is 13.2. The quantitative estimate of drug-likeness (QED) is 0.295. The molecular weight excluding hydrogens is 504 g/mol. The average molecular weight is 533 g/mol. The van der Waals surface area contributed by atoms with Gasteiger partial charge in [-0.25, -0.2) is 9.78 Å². The summed E-state index contributed by atoms with van der Waals surface area (Å²) in [6.45, 7) is 4.85. The molecule has 3 aromatic heterocycles. The molecule has 4 heterocycles. The number of benzene rings is 1. The van der Waals surface area contributed by atoms with E-state index in [1.807, 2.05) is 24.5 Å². The average Bonchev–Trinajstić information content (AvgIpc) is 3.50. The molecule has 0 unspecified atom stereocenters. The van der Waals surface area contributed by atoms with E-state index in [-0.39, 0.29) is 43.2 Å². The Labute approximate surface area is 223 Å². The van der Waals surface area contributed by atoms with Crippen molar-refractivity contribution in [2.45, 2.75) is 39.5 Å². The van der Waals surface area contributed by atoms with Gasteiger partial charge in [-0.05, 0) is 44.5 Å². The third-order valence-electron chi connectivity index (χ3n) is 6.33. The summed E-state index contributed by atoms with van der Waals surface area (Å²) in [4.78, 5) is 45.9. The van der Waals surface area contributed by atoms with E-state index in [1.54, 1.807) is 41.3 Å². The lowest BCUT2D eigenvalue weighted by Crippen LogP contribution is -2.31. The number of primary amides is 1. The zero-order valence-electron chi connectivity index (χ0n) is 21.5. The van der Waals surface area contributed by atoms with Crippen molar-refractivity contribution in [3.63, 3.8) is 0 Å². The van der Waals surface area contributed by atoms with Gasteiger partial charge in [0, 0.05) is 36.6 Å². The maximum atomic E-state index is 13.2. The Morgan fingerprint density at radius 2 is 2.10 bits per heavy atom. The van der Waals surface area contributed by atoms with Gasteiger partial charge in [0.25, 0.3) is 5.91 Å². The lowest BCUT2D eigenvalue weighted by Gasteiger charge is -2.27. The number of hydrogen-bond donors (Lipinski definition) is 3. The van der Waals surface area contributed by atoms with Crippen LogP contribution in [0.15, 0.2) is 42.7 Å². The summed E-state index contributed by atoms with van der Waals surface area (Å²) in [5.41, 5.74) is 8.71. The summed E-state index contributed by atoms with van der Waals surface area (Å²) >= 11 is 0. The van der Waals surface area contributed by atoms with Crippen molar-refractivity contribution in [1.82, 2.24) is 29.6 Å². The third kappa shape index (κ3) is 5.37. The van der Waals surface area contributed by atoms with E-state index >= 15 is 0 Å². The number of pyridine rings is 1. The fraction of sp³-hybridized carbons (Fsp3) is 0.308. The van der Waals surface area contributed by atoms with Gasteiger partial charge in [0.15, 0.2) is 0 Å². The molecule has 0 aliphatic carbocycles. The van der Waals surface area contributed by atoms with Crippen molar-refractivity contribution >= 4 is 34.9 Å². The largest absolute Gasteiger partial charge is 0.489 e. The SMILES string of the molecule is CCn1nc(C)cc1C(=O)Nc1nc2cc(C(N)=O)cc3c2n1[C@@H](CCNC(=O)OCc1cccnc1)CO3. The van der Waals surface area contributed by atoms with Gasteiger partial charge in [0.1, 0.15) is 30.2 Å². The lowest BCUT2D eigenvalue weighted by molar-refractivity contribution is 0.0995. The molecule has 1 atom stereocenters. The number of aromatic nitrogens is 5. The van der Waals surface area contributed by atoms with E-state index in [9.17, 15) is 14.4 Å². The van der Waals surface area contributed by atoms with Crippen LogP contribution in [0.3, 0.4) is 0 Å². The van der Waals surface area contributed by atoms with Gasteiger partial charge in [0.05, 0.1) is 17.3 Å². The molecule has 39 heavy (non-hydrogen) atoms. The van der Waals surface area contributed by atoms with E-state index in [4.69, 9.17) is 15.2 Å². The number of ether oxygens (including phenoxy) is 2. The topological polar surface area (TPSA) is 168 Å². The predicted molar refractivity (Wildman–Crippen MR) is 140 cm³/mol. The fourth-order valence-electron chi connectivity index (χ4n) is 4.52. The summed E-state index contributed by atoms with van der Waals surface area (Å²) in [5, 5.41) is 9.98. The predicted octanol–water partition coefficient (Wildman–Crippen LogP) is 2.56. The highest BCUT2D eigenvalue weighted by Crippen LogP contribution is 2.38. The van der Waals surface area contributed by atoms with Crippen LogP contribution >= 0.6 is 0 Å². The number of hydrogen-bond acceptors (Lipinski definition) is 8. The minimum absolute atomic E-state index is 0.105.